The Hall–Kier alpha value is -1.69. The molecule has 0 spiro atoms. The van der Waals surface area contributed by atoms with Gasteiger partial charge in [-0.25, -0.2) is 14.2 Å². The number of hydrogen-bond acceptors (Lipinski definition) is 7. The highest BCUT2D eigenvalue weighted by molar-refractivity contribution is 7.59. The quantitative estimate of drug-likeness (QED) is 0.0649. The second kappa shape index (κ2) is 18.6. The van der Waals surface area contributed by atoms with Crippen LogP contribution < -0.4 is 0 Å². The summed E-state index contributed by atoms with van der Waals surface area (Å²) in [5.74, 6) is 0. The minimum absolute atomic E-state index is 0.0643. The monoisotopic (exact) mass is 514 g/mol. The molecule has 0 fully saturated rings. The average molecular weight is 515 g/mol. The van der Waals surface area contributed by atoms with Crippen molar-refractivity contribution in [3.63, 3.8) is 0 Å². The molecule has 0 bridgehead atoms. The second-order valence-electron chi connectivity index (χ2n) is 7.12. The Morgan fingerprint density at radius 1 is 0.657 bits per heavy atom. The third-order valence-corrected chi connectivity index (χ3v) is 7.56. The molecule has 0 N–H and O–H groups in total. The van der Waals surface area contributed by atoms with Crippen molar-refractivity contribution in [2.45, 2.75) is 12.5 Å². The summed E-state index contributed by atoms with van der Waals surface area (Å²) < 4.78 is 36.1. The molecule has 0 aliphatic carbocycles. The fourth-order valence-electron chi connectivity index (χ4n) is 2.82. The van der Waals surface area contributed by atoms with E-state index in [2.05, 4.69) is 44.4 Å². The van der Waals surface area contributed by atoms with Crippen LogP contribution in [0.5, 0.6) is 0 Å². The van der Waals surface area contributed by atoms with E-state index in [1.165, 1.54) is 0 Å². The van der Waals surface area contributed by atoms with Gasteiger partial charge in [0.1, 0.15) is 0 Å². The van der Waals surface area contributed by atoms with E-state index in [0.717, 1.165) is 0 Å². The Bertz CT molecular complexity index is 674. The molecule has 0 aliphatic heterocycles. The van der Waals surface area contributed by atoms with Gasteiger partial charge in [0, 0.05) is 0 Å². The SMILES string of the molecule is C=CCON=P(N(C)C)(N(C)C)N(C(OCC=C)OCC=C)C(OCC=C)(OCC=C)OCC=C. The zero-order valence-electron chi connectivity index (χ0n) is 21.7. The van der Waals surface area contributed by atoms with Crippen LogP contribution in [0.2, 0.25) is 0 Å². The van der Waals surface area contributed by atoms with Crippen molar-refractivity contribution in [2.24, 2.45) is 4.91 Å². The third kappa shape index (κ3) is 9.70. The van der Waals surface area contributed by atoms with Crippen LogP contribution in [0.15, 0.2) is 80.8 Å². The summed E-state index contributed by atoms with van der Waals surface area (Å²) in [6.07, 6.45) is 6.50. The largest absolute Gasteiger partial charge is 0.365 e. The maximum atomic E-state index is 6.19. The molecule has 0 aromatic carbocycles. The van der Waals surface area contributed by atoms with Crippen LogP contribution >= 0.6 is 7.51 Å². The van der Waals surface area contributed by atoms with Crippen LogP contribution in [0.4, 0.5) is 0 Å². The lowest BCUT2D eigenvalue weighted by Gasteiger charge is -2.52. The van der Waals surface area contributed by atoms with Crippen LogP contribution in [0.3, 0.4) is 0 Å². The molecule has 0 heterocycles. The molecule has 0 aliphatic rings. The van der Waals surface area contributed by atoms with E-state index in [0.29, 0.717) is 0 Å². The van der Waals surface area contributed by atoms with Crippen LogP contribution in [0.1, 0.15) is 0 Å². The molecular formula is C24H43N4O6P. The van der Waals surface area contributed by atoms with E-state index in [9.17, 15) is 0 Å². The van der Waals surface area contributed by atoms with Crippen LogP contribution in [-0.2, 0) is 28.5 Å². The van der Waals surface area contributed by atoms with Crippen LogP contribution in [-0.4, -0.2) is 94.4 Å². The first-order chi connectivity index (χ1) is 16.8. The number of nitrogens with zero attached hydrogens (tertiary/aromatic N) is 4. The molecule has 0 rings (SSSR count). The van der Waals surface area contributed by atoms with Gasteiger partial charge in [-0.2, -0.15) is 0 Å². The van der Waals surface area contributed by atoms with Crippen molar-refractivity contribution in [2.75, 3.05) is 67.8 Å². The number of ether oxygens (including phenoxy) is 5. The van der Waals surface area contributed by atoms with Gasteiger partial charge in [0.05, 0.1) is 39.6 Å². The summed E-state index contributed by atoms with van der Waals surface area (Å²) in [5.41, 5.74) is 0. The topological polar surface area (TPSA) is 77.5 Å². The molecular weight excluding hydrogens is 471 g/mol. The lowest BCUT2D eigenvalue weighted by Crippen LogP contribution is -2.61. The Labute approximate surface area is 211 Å². The van der Waals surface area contributed by atoms with Gasteiger partial charge in [0.2, 0.25) is 13.9 Å². The van der Waals surface area contributed by atoms with Crippen molar-refractivity contribution >= 4 is 7.51 Å². The Balaban J connectivity index is 7.50. The first-order valence-electron chi connectivity index (χ1n) is 11.0. The molecule has 35 heavy (non-hydrogen) atoms. The lowest BCUT2D eigenvalue weighted by molar-refractivity contribution is -0.452. The molecule has 10 nitrogen and oxygen atoms in total. The highest BCUT2D eigenvalue weighted by atomic mass is 31.2. The molecule has 0 amide bonds. The van der Waals surface area contributed by atoms with Gasteiger partial charge in [-0.1, -0.05) is 36.5 Å². The molecule has 0 unspecified atom stereocenters. The predicted molar refractivity (Wildman–Crippen MR) is 142 cm³/mol. The van der Waals surface area contributed by atoms with E-state index < -0.39 is 20.0 Å². The normalized spacial score (nSPS) is 12.2. The Kier molecular flexibility index (Phi) is 17.7. The summed E-state index contributed by atoms with van der Waals surface area (Å²) >= 11 is 0. The number of rotatable bonds is 23. The molecule has 0 aromatic heterocycles. The van der Waals surface area contributed by atoms with Crippen molar-refractivity contribution < 1.29 is 28.5 Å². The summed E-state index contributed by atoms with van der Waals surface area (Å²) in [4.78, 5) is 10.3. The Morgan fingerprint density at radius 3 is 1.34 bits per heavy atom. The zero-order valence-corrected chi connectivity index (χ0v) is 22.6. The van der Waals surface area contributed by atoms with E-state index in [1.54, 1.807) is 41.1 Å². The van der Waals surface area contributed by atoms with Gasteiger partial charge in [-0.3, -0.25) is 0 Å². The third-order valence-electron chi connectivity index (χ3n) is 4.07. The van der Waals surface area contributed by atoms with Crippen LogP contribution in [0, 0.1) is 0 Å². The second-order valence-corrected chi connectivity index (χ2v) is 10.4. The summed E-state index contributed by atoms with van der Waals surface area (Å²) in [7, 11) is 4.28. The molecule has 200 valence electrons. The molecule has 0 radical (unpaired) electrons. The number of hydrogen-bond donors (Lipinski definition) is 0. The lowest BCUT2D eigenvalue weighted by atomic mass is 10.6. The van der Waals surface area contributed by atoms with Gasteiger partial charge in [0.15, 0.2) is 0 Å². The maximum Gasteiger partial charge on any atom is 0.365 e. The smallest absolute Gasteiger partial charge is 0.335 e. The van der Waals surface area contributed by atoms with Crippen molar-refractivity contribution in [1.29, 1.82) is 0 Å². The standard InChI is InChI=1S/C24H43N4O6P/c1-11-17-29-23(30-18-12-2)28(35(26(7)8,27(9)10)25-34-22-16-6)24(31-19-13-3,32-20-14-4)33-21-15-5/h11-16,23H,1-6,17-22H2,7-10H3. The van der Waals surface area contributed by atoms with Gasteiger partial charge in [-0.05, 0) is 28.2 Å². The molecule has 0 aromatic rings. The zero-order chi connectivity index (χ0) is 26.7. The summed E-state index contributed by atoms with van der Waals surface area (Å²) in [5, 5.41) is 0. The van der Waals surface area contributed by atoms with E-state index in [1.807, 2.05) is 37.5 Å². The Morgan fingerprint density at radius 2 is 1.03 bits per heavy atom. The average Bonchev–Trinajstić information content (AvgIpc) is 2.84. The first-order valence-corrected chi connectivity index (χ1v) is 12.6. The molecule has 0 atom stereocenters. The van der Waals surface area contributed by atoms with Crippen LogP contribution in [0.25, 0.3) is 0 Å². The van der Waals surface area contributed by atoms with E-state index >= 15 is 0 Å². The van der Waals surface area contributed by atoms with Crippen molar-refractivity contribution in [1.82, 2.24) is 14.0 Å². The van der Waals surface area contributed by atoms with Gasteiger partial charge >= 0.3 is 6.10 Å². The summed E-state index contributed by atoms with van der Waals surface area (Å²) in [6, 6.07) is 0. The van der Waals surface area contributed by atoms with E-state index in [4.69, 9.17) is 28.5 Å². The maximum absolute atomic E-state index is 6.19. The van der Waals surface area contributed by atoms with Crippen molar-refractivity contribution in [3.05, 3.63) is 75.9 Å². The molecule has 0 saturated carbocycles. The van der Waals surface area contributed by atoms with Gasteiger partial charge in [-0.15, -0.1) is 49.1 Å². The summed E-state index contributed by atoms with van der Waals surface area (Å²) in [6.45, 7) is 23.2. The van der Waals surface area contributed by atoms with Crippen molar-refractivity contribution in [3.8, 4) is 0 Å². The fourth-order valence-corrected chi connectivity index (χ4v) is 5.79. The highest BCUT2D eigenvalue weighted by Gasteiger charge is 2.56. The first kappa shape index (κ1) is 33.3. The van der Waals surface area contributed by atoms with E-state index in [-0.39, 0.29) is 39.6 Å². The molecule has 11 heteroatoms. The fraction of sp³-hybridized carbons (Fsp3) is 0.500. The minimum atomic E-state index is -3.10. The minimum Gasteiger partial charge on any atom is -0.335 e. The predicted octanol–water partition coefficient (Wildman–Crippen LogP) is 4.38. The highest BCUT2D eigenvalue weighted by Crippen LogP contribution is 2.61. The van der Waals surface area contributed by atoms with Gasteiger partial charge < -0.3 is 23.7 Å². The van der Waals surface area contributed by atoms with Gasteiger partial charge in [0.25, 0.3) is 0 Å². The molecule has 0 saturated heterocycles.